The van der Waals surface area contributed by atoms with Crippen molar-refractivity contribution in [1.29, 1.82) is 0 Å². The Morgan fingerprint density at radius 1 is 1.35 bits per heavy atom. The van der Waals surface area contributed by atoms with Gasteiger partial charge in [-0.1, -0.05) is 6.92 Å². The predicted molar refractivity (Wildman–Crippen MR) is 76.2 cm³/mol. The van der Waals surface area contributed by atoms with Crippen LogP contribution in [0.2, 0.25) is 0 Å². The Morgan fingerprint density at radius 3 is 2.65 bits per heavy atom. The van der Waals surface area contributed by atoms with E-state index in [9.17, 15) is 9.59 Å². The number of piperazine rings is 1. The molecular weight excluding hydrogens is 256 g/mol. The van der Waals surface area contributed by atoms with Crippen molar-refractivity contribution in [3.63, 3.8) is 0 Å². The van der Waals surface area contributed by atoms with E-state index in [1.165, 1.54) is 12.8 Å². The number of rotatable bonds is 7. The van der Waals surface area contributed by atoms with Gasteiger partial charge in [-0.05, 0) is 45.4 Å². The van der Waals surface area contributed by atoms with E-state index in [2.05, 4.69) is 5.32 Å². The van der Waals surface area contributed by atoms with E-state index in [4.69, 9.17) is 4.74 Å². The van der Waals surface area contributed by atoms with E-state index in [1.807, 2.05) is 6.92 Å². The lowest BCUT2D eigenvalue weighted by Crippen LogP contribution is -2.68. The van der Waals surface area contributed by atoms with Gasteiger partial charge in [0.1, 0.15) is 11.6 Å². The van der Waals surface area contributed by atoms with Crippen LogP contribution < -0.4 is 5.32 Å². The van der Waals surface area contributed by atoms with Crippen molar-refractivity contribution < 1.29 is 14.3 Å². The van der Waals surface area contributed by atoms with Gasteiger partial charge < -0.3 is 15.0 Å². The summed E-state index contributed by atoms with van der Waals surface area (Å²) in [5, 5.41) is 2.80. The van der Waals surface area contributed by atoms with E-state index in [0.29, 0.717) is 19.6 Å². The number of hydrogen-bond acceptors (Lipinski definition) is 3. The summed E-state index contributed by atoms with van der Waals surface area (Å²) in [6.07, 6.45) is 4.02. The number of carbonyl (C=O) groups is 2. The first-order valence-corrected chi connectivity index (χ1v) is 7.66. The summed E-state index contributed by atoms with van der Waals surface area (Å²) >= 11 is 0. The predicted octanol–water partition coefficient (Wildman–Crippen LogP) is 1.32. The largest absolute Gasteiger partial charge is 0.381 e. The van der Waals surface area contributed by atoms with Crippen LogP contribution in [0.5, 0.6) is 0 Å². The zero-order valence-electron chi connectivity index (χ0n) is 12.8. The molecule has 1 aliphatic heterocycles. The van der Waals surface area contributed by atoms with Crippen molar-refractivity contribution in [3.05, 3.63) is 0 Å². The molecule has 0 aromatic carbocycles. The van der Waals surface area contributed by atoms with Gasteiger partial charge >= 0.3 is 0 Å². The van der Waals surface area contributed by atoms with Gasteiger partial charge in [0.15, 0.2) is 0 Å². The molecule has 1 unspecified atom stereocenters. The lowest BCUT2D eigenvalue weighted by Gasteiger charge is -2.42. The molecule has 114 valence electrons. The summed E-state index contributed by atoms with van der Waals surface area (Å²) < 4.78 is 5.59. The molecule has 0 aromatic heterocycles. The normalized spacial score (nSPS) is 25.8. The first-order chi connectivity index (χ1) is 9.45. The van der Waals surface area contributed by atoms with E-state index >= 15 is 0 Å². The highest BCUT2D eigenvalue weighted by atomic mass is 16.5. The lowest BCUT2D eigenvalue weighted by atomic mass is 9.95. The van der Waals surface area contributed by atoms with E-state index < -0.39 is 5.54 Å². The third-order valence-electron chi connectivity index (χ3n) is 4.03. The van der Waals surface area contributed by atoms with Crippen LogP contribution in [0.25, 0.3) is 0 Å². The van der Waals surface area contributed by atoms with Gasteiger partial charge in [0, 0.05) is 19.8 Å². The first kappa shape index (κ1) is 15.3. The van der Waals surface area contributed by atoms with Crippen molar-refractivity contribution in [1.82, 2.24) is 10.2 Å². The van der Waals surface area contributed by atoms with Crippen molar-refractivity contribution in [2.24, 2.45) is 5.92 Å². The number of amides is 2. The molecule has 5 heteroatoms. The molecule has 1 atom stereocenters. The summed E-state index contributed by atoms with van der Waals surface area (Å²) in [4.78, 5) is 26.2. The number of carbonyl (C=O) groups excluding carboxylic acids is 2. The van der Waals surface area contributed by atoms with Crippen LogP contribution in [-0.4, -0.2) is 48.1 Å². The minimum Gasteiger partial charge on any atom is -0.381 e. The van der Waals surface area contributed by atoms with Gasteiger partial charge in [0.25, 0.3) is 0 Å². The molecule has 0 bridgehead atoms. The molecular formula is C15H26N2O3. The monoisotopic (exact) mass is 282 g/mol. The molecule has 0 radical (unpaired) electrons. The Kier molecular flexibility index (Phi) is 4.68. The number of ether oxygens (including phenoxy) is 1. The minimum atomic E-state index is -0.794. The summed E-state index contributed by atoms with van der Waals surface area (Å²) in [6, 6.07) is -0.334. The van der Waals surface area contributed by atoms with E-state index in [0.717, 1.165) is 18.9 Å². The van der Waals surface area contributed by atoms with Gasteiger partial charge in [0.05, 0.1) is 0 Å². The number of hydrogen-bond donors (Lipinski definition) is 1. The zero-order valence-corrected chi connectivity index (χ0v) is 12.8. The fraction of sp³-hybridized carbons (Fsp3) is 0.867. The third-order valence-corrected chi connectivity index (χ3v) is 4.03. The van der Waals surface area contributed by atoms with Gasteiger partial charge in [-0.15, -0.1) is 0 Å². The fourth-order valence-electron chi connectivity index (χ4n) is 2.62. The number of nitrogens with zero attached hydrogens (tertiary/aromatic N) is 1. The van der Waals surface area contributed by atoms with Crippen LogP contribution in [0.3, 0.4) is 0 Å². The molecule has 5 nitrogen and oxygen atoms in total. The SMILES string of the molecule is CCC1C(=O)NC(C)(C)C(=O)N1CCCOCC1CC1. The molecule has 1 saturated carbocycles. The van der Waals surface area contributed by atoms with Gasteiger partial charge in [-0.3, -0.25) is 9.59 Å². The molecule has 2 aliphatic rings. The molecule has 1 aliphatic carbocycles. The van der Waals surface area contributed by atoms with Crippen molar-refractivity contribution in [2.75, 3.05) is 19.8 Å². The Balaban J connectivity index is 1.84. The Bertz CT molecular complexity index is 377. The second kappa shape index (κ2) is 6.12. The topological polar surface area (TPSA) is 58.6 Å². The maximum absolute atomic E-state index is 12.4. The summed E-state index contributed by atoms with van der Waals surface area (Å²) in [6.45, 7) is 7.56. The van der Waals surface area contributed by atoms with Crippen LogP contribution in [0, 0.1) is 5.92 Å². The third kappa shape index (κ3) is 3.51. The Labute approximate surface area is 121 Å². The number of nitrogens with one attached hydrogen (secondary N) is 1. The molecule has 1 heterocycles. The molecule has 0 spiro atoms. The smallest absolute Gasteiger partial charge is 0.248 e. The Hall–Kier alpha value is -1.10. The summed E-state index contributed by atoms with van der Waals surface area (Å²) in [5.41, 5.74) is -0.794. The van der Waals surface area contributed by atoms with Gasteiger partial charge in [0.2, 0.25) is 11.8 Å². The summed E-state index contributed by atoms with van der Waals surface area (Å²) in [7, 11) is 0. The molecule has 2 fully saturated rings. The summed E-state index contributed by atoms with van der Waals surface area (Å²) in [5.74, 6) is 0.724. The second-order valence-electron chi connectivity index (χ2n) is 6.41. The van der Waals surface area contributed by atoms with Crippen LogP contribution >= 0.6 is 0 Å². The van der Waals surface area contributed by atoms with E-state index in [1.54, 1.807) is 18.7 Å². The lowest BCUT2D eigenvalue weighted by molar-refractivity contribution is -0.153. The maximum Gasteiger partial charge on any atom is 0.248 e. The molecule has 1 saturated heterocycles. The average molecular weight is 282 g/mol. The highest BCUT2D eigenvalue weighted by Crippen LogP contribution is 2.28. The quantitative estimate of drug-likeness (QED) is 0.716. The minimum absolute atomic E-state index is 0.00569. The molecule has 2 rings (SSSR count). The standard InChI is InChI=1S/C15H26N2O3/c1-4-12-13(18)16-15(2,3)14(19)17(12)8-5-9-20-10-11-6-7-11/h11-12H,4-10H2,1-3H3,(H,16,18). The van der Waals surface area contributed by atoms with Crippen LogP contribution in [0.15, 0.2) is 0 Å². The van der Waals surface area contributed by atoms with Crippen molar-refractivity contribution >= 4 is 11.8 Å². The highest BCUT2D eigenvalue weighted by molar-refractivity contribution is 5.99. The molecule has 0 aromatic rings. The van der Waals surface area contributed by atoms with Crippen molar-refractivity contribution in [2.45, 2.75) is 58.0 Å². The fourth-order valence-corrected chi connectivity index (χ4v) is 2.62. The Morgan fingerprint density at radius 2 is 2.05 bits per heavy atom. The molecule has 20 heavy (non-hydrogen) atoms. The van der Waals surface area contributed by atoms with Gasteiger partial charge in [-0.2, -0.15) is 0 Å². The molecule has 1 N–H and O–H groups in total. The van der Waals surface area contributed by atoms with Crippen LogP contribution in [0.1, 0.15) is 46.5 Å². The van der Waals surface area contributed by atoms with E-state index in [-0.39, 0.29) is 17.9 Å². The van der Waals surface area contributed by atoms with Crippen LogP contribution in [-0.2, 0) is 14.3 Å². The van der Waals surface area contributed by atoms with Crippen LogP contribution in [0.4, 0.5) is 0 Å². The molecule has 2 amide bonds. The maximum atomic E-state index is 12.4. The second-order valence-corrected chi connectivity index (χ2v) is 6.41. The van der Waals surface area contributed by atoms with Crippen molar-refractivity contribution in [3.8, 4) is 0 Å². The zero-order chi connectivity index (χ0) is 14.8. The highest BCUT2D eigenvalue weighted by Gasteiger charge is 2.44. The average Bonchev–Trinajstić information content (AvgIpc) is 3.18. The first-order valence-electron chi connectivity index (χ1n) is 7.66. The van der Waals surface area contributed by atoms with Gasteiger partial charge in [-0.25, -0.2) is 0 Å².